The Hall–Kier alpha value is -2.64. The van der Waals surface area contributed by atoms with Gasteiger partial charge in [0.1, 0.15) is 5.60 Å². The molecule has 0 N–H and O–H groups in total. The van der Waals surface area contributed by atoms with Gasteiger partial charge in [-0.3, -0.25) is 0 Å². The van der Waals surface area contributed by atoms with E-state index in [-0.39, 0.29) is 6.10 Å². The zero-order valence-corrected chi connectivity index (χ0v) is 16.1. The van der Waals surface area contributed by atoms with Crippen molar-refractivity contribution in [2.45, 2.75) is 37.9 Å². The first-order chi connectivity index (χ1) is 13.3. The molecule has 3 aromatic carbocycles. The van der Waals surface area contributed by atoms with Gasteiger partial charge < -0.3 is 4.74 Å². The van der Waals surface area contributed by atoms with Gasteiger partial charge >= 0.3 is 0 Å². The summed E-state index contributed by atoms with van der Waals surface area (Å²) in [5.74, 6) is 0. The summed E-state index contributed by atoms with van der Waals surface area (Å²) < 4.78 is 7.01. The Morgan fingerprint density at radius 3 is 1.52 bits per heavy atom. The minimum atomic E-state index is -0.646. The van der Waals surface area contributed by atoms with Gasteiger partial charge in [-0.15, -0.1) is 6.58 Å². The number of ether oxygens (including phenoxy) is 1. The third-order valence-corrected chi connectivity index (χ3v) is 4.92. The molecule has 0 heterocycles. The van der Waals surface area contributed by atoms with Crippen molar-refractivity contribution in [3.63, 3.8) is 0 Å². The van der Waals surface area contributed by atoms with E-state index in [1.165, 1.54) is 0 Å². The van der Waals surface area contributed by atoms with Gasteiger partial charge in [0, 0.05) is 0 Å². The highest BCUT2D eigenvalue weighted by atomic mass is 16.5. The van der Waals surface area contributed by atoms with E-state index in [9.17, 15) is 0 Å². The van der Waals surface area contributed by atoms with E-state index in [1.54, 1.807) is 0 Å². The molecule has 0 aromatic heterocycles. The zero-order valence-electron chi connectivity index (χ0n) is 16.1. The van der Waals surface area contributed by atoms with Crippen molar-refractivity contribution in [2.75, 3.05) is 0 Å². The molecule has 1 nitrogen and oxygen atoms in total. The summed E-state index contributed by atoms with van der Waals surface area (Å²) in [5, 5.41) is 0. The molecule has 0 aliphatic carbocycles. The SMILES string of the molecule is C=CCC(CCC)OC(c1ccccc1)(c1ccccc1)c1ccccc1. The molecule has 0 saturated carbocycles. The van der Waals surface area contributed by atoms with Crippen LogP contribution in [0.3, 0.4) is 0 Å². The van der Waals surface area contributed by atoms with Crippen molar-refractivity contribution < 1.29 is 4.74 Å². The molecule has 0 amide bonds. The molecule has 138 valence electrons. The topological polar surface area (TPSA) is 9.23 Å². The van der Waals surface area contributed by atoms with E-state index in [4.69, 9.17) is 4.74 Å². The highest BCUT2D eigenvalue weighted by Crippen LogP contribution is 2.42. The fourth-order valence-electron chi connectivity index (χ4n) is 3.71. The van der Waals surface area contributed by atoms with Gasteiger partial charge in [-0.2, -0.15) is 0 Å². The molecule has 1 unspecified atom stereocenters. The lowest BCUT2D eigenvalue weighted by molar-refractivity contribution is -0.0495. The van der Waals surface area contributed by atoms with Crippen molar-refractivity contribution in [3.8, 4) is 0 Å². The molecule has 1 heteroatoms. The van der Waals surface area contributed by atoms with Crippen LogP contribution in [0.25, 0.3) is 0 Å². The number of benzene rings is 3. The standard InChI is InChI=1S/C26H28O/c1-3-14-25(15-4-2)27-26(22-16-8-5-9-17-22,23-18-10-6-11-19-23)24-20-12-7-13-21-24/h3,5-13,16-21,25H,1,4,14-15H2,2H3. The molecule has 0 bridgehead atoms. The summed E-state index contributed by atoms with van der Waals surface area (Å²) in [5.41, 5.74) is 2.79. The quantitative estimate of drug-likeness (QED) is 0.305. The first-order valence-electron chi connectivity index (χ1n) is 9.76. The maximum absolute atomic E-state index is 7.01. The minimum absolute atomic E-state index is 0.105. The molecule has 3 aromatic rings. The van der Waals surface area contributed by atoms with Crippen LogP contribution in [0.15, 0.2) is 104 Å². The average molecular weight is 357 g/mol. The van der Waals surface area contributed by atoms with E-state index in [0.29, 0.717) is 0 Å². The van der Waals surface area contributed by atoms with Crippen LogP contribution in [0.1, 0.15) is 42.9 Å². The van der Waals surface area contributed by atoms with Crippen LogP contribution in [-0.2, 0) is 10.3 Å². The Kier molecular flexibility index (Phi) is 6.62. The number of hydrogen-bond acceptors (Lipinski definition) is 1. The summed E-state index contributed by atoms with van der Waals surface area (Å²) in [7, 11) is 0. The second-order valence-electron chi connectivity index (χ2n) is 6.83. The van der Waals surface area contributed by atoms with Gasteiger partial charge in [-0.05, 0) is 29.5 Å². The van der Waals surface area contributed by atoms with Crippen molar-refractivity contribution in [2.24, 2.45) is 0 Å². The van der Waals surface area contributed by atoms with E-state index >= 15 is 0 Å². The predicted octanol–water partition coefficient (Wildman–Crippen LogP) is 6.74. The highest BCUT2D eigenvalue weighted by Gasteiger charge is 2.39. The summed E-state index contributed by atoms with van der Waals surface area (Å²) >= 11 is 0. The number of rotatable bonds is 9. The minimum Gasteiger partial charge on any atom is -0.357 e. The molecule has 0 fully saturated rings. The Bertz CT molecular complexity index is 712. The molecular formula is C26H28O. The Morgan fingerprint density at radius 2 is 1.19 bits per heavy atom. The first kappa shape index (κ1) is 19.1. The van der Waals surface area contributed by atoms with Crippen molar-refractivity contribution >= 4 is 0 Å². The second kappa shape index (κ2) is 9.34. The maximum Gasteiger partial charge on any atom is 0.144 e. The highest BCUT2D eigenvalue weighted by molar-refractivity contribution is 5.47. The van der Waals surface area contributed by atoms with Crippen LogP contribution in [0.5, 0.6) is 0 Å². The third-order valence-electron chi connectivity index (χ3n) is 4.92. The fourth-order valence-corrected chi connectivity index (χ4v) is 3.71. The van der Waals surface area contributed by atoms with E-state index in [2.05, 4.69) is 104 Å². The molecule has 0 spiro atoms. The van der Waals surface area contributed by atoms with Crippen molar-refractivity contribution in [1.82, 2.24) is 0 Å². The van der Waals surface area contributed by atoms with Gasteiger partial charge in [-0.25, -0.2) is 0 Å². The summed E-state index contributed by atoms with van der Waals surface area (Å²) in [6.45, 7) is 6.15. The van der Waals surface area contributed by atoms with Crippen LogP contribution < -0.4 is 0 Å². The second-order valence-corrected chi connectivity index (χ2v) is 6.83. The molecule has 0 saturated heterocycles. The molecular weight excluding hydrogens is 328 g/mol. The van der Waals surface area contributed by atoms with Gasteiger partial charge in [0.2, 0.25) is 0 Å². The molecule has 0 aliphatic rings. The zero-order chi connectivity index (χ0) is 19.0. The number of hydrogen-bond donors (Lipinski definition) is 0. The lowest BCUT2D eigenvalue weighted by atomic mass is 9.79. The normalized spacial score (nSPS) is 12.5. The van der Waals surface area contributed by atoms with E-state index < -0.39 is 5.60 Å². The van der Waals surface area contributed by atoms with Crippen LogP contribution in [0, 0.1) is 0 Å². The van der Waals surface area contributed by atoms with E-state index in [0.717, 1.165) is 36.0 Å². The summed E-state index contributed by atoms with van der Waals surface area (Å²) in [4.78, 5) is 0. The van der Waals surface area contributed by atoms with Crippen molar-refractivity contribution in [3.05, 3.63) is 120 Å². The molecule has 3 rings (SSSR count). The van der Waals surface area contributed by atoms with Crippen molar-refractivity contribution in [1.29, 1.82) is 0 Å². The molecule has 1 atom stereocenters. The predicted molar refractivity (Wildman–Crippen MR) is 114 cm³/mol. The van der Waals surface area contributed by atoms with Crippen LogP contribution in [0.2, 0.25) is 0 Å². The van der Waals surface area contributed by atoms with Gasteiger partial charge in [-0.1, -0.05) is 110 Å². The Labute approximate surface area is 163 Å². The molecule has 27 heavy (non-hydrogen) atoms. The fraction of sp³-hybridized carbons (Fsp3) is 0.231. The lowest BCUT2D eigenvalue weighted by Crippen LogP contribution is -2.37. The smallest absolute Gasteiger partial charge is 0.144 e. The maximum atomic E-state index is 7.01. The molecule has 0 aliphatic heterocycles. The molecule has 0 radical (unpaired) electrons. The van der Waals surface area contributed by atoms with Crippen LogP contribution in [0.4, 0.5) is 0 Å². The Morgan fingerprint density at radius 1 is 0.778 bits per heavy atom. The Balaban J connectivity index is 2.23. The van der Waals surface area contributed by atoms with Gasteiger partial charge in [0.25, 0.3) is 0 Å². The van der Waals surface area contributed by atoms with Crippen LogP contribution in [-0.4, -0.2) is 6.10 Å². The lowest BCUT2D eigenvalue weighted by Gasteiger charge is -2.39. The monoisotopic (exact) mass is 356 g/mol. The summed E-state index contributed by atoms with van der Waals surface area (Å²) in [6, 6.07) is 31.7. The average Bonchev–Trinajstić information content (AvgIpc) is 2.74. The third kappa shape index (κ3) is 4.20. The van der Waals surface area contributed by atoms with Gasteiger partial charge in [0.05, 0.1) is 6.10 Å². The summed E-state index contributed by atoms with van der Waals surface area (Å²) in [6.07, 6.45) is 4.98. The van der Waals surface area contributed by atoms with Crippen LogP contribution >= 0.6 is 0 Å². The van der Waals surface area contributed by atoms with Gasteiger partial charge in [0.15, 0.2) is 0 Å². The largest absolute Gasteiger partial charge is 0.357 e. The van der Waals surface area contributed by atoms with E-state index in [1.807, 2.05) is 6.08 Å². The first-order valence-corrected chi connectivity index (χ1v) is 9.76.